The fourth-order valence-corrected chi connectivity index (χ4v) is 8.97. The van der Waals surface area contributed by atoms with Crippen LogP contribution in [0.5, 0.6) is 0 Å². The Labute approximate surface area is 250 Å². The van der Waals surface area contributed by atoms with Crippen LogP contribution in [0.3, 0.4) is 0 Å². The first-order chi connectivity index (χ1) is 20.5. The van der Waals surface area contributed by atoms with E-state index in [2.05, 4.69) is 27.7 Å². The van der Waals surface area contributed by atoms with Crippen LogP contribution in [-0.2, 0) is 17.5 Å². The van der Waals surface area contributed by atoms with E-state index in [1.165, 1.54) is 35.9 Å². The van der Waals surface area contributed by atoms with E-state index >= 15 is 0 Å². The van der Waals surface area contributed by atoms with Gasteiger partial charge in [-0.15, -0.1) is 0 Å². The molecule has 12 heteroatoms. The molecular weight excluding hydrogens is 559 g/mol. The number of alkyl halides is 3. The van der Waals surface area contributed by atoms with Gasteiger partial charge in [-0.25, -0.2) is 15.6 Å². The van der Waals surface area contributed by atoms with E-state index in [4.69, 9.17) is 0 Å². The van der Waals surface area contributed by atoms with Crippen molar-refractivity contribution in [1.82, 2.24) is 34.5 Å². The number of nitrogens with one attached hydrogen (secondary N) is 2. The summed E-state index contributed by atoms with van der Waals surface area (Å²) in [5, 5.41) is 0. The molecular formula is C31H44F3N7O2. The van der Waals surface area contributed by atoms with Crippen molar-refractivity contribution in [2.45, 2.75) is 82.7 Å². The second-order valence-corrected chi connectivity index (χ2v) is 14.1. The van der Waals surface area contributed by atoms with Crippen LogP contribution in [0, 0.1) is 23.2 Å². The molecule has 3 unspecified atom stereocenters. The molecule has 5 heterocycles. The van der Waals surface area contributed by atoms with Crippen molar-refractivity contribution in [2.75, 3.05) is 40.4 Å². The monoisotopic (exact) mass is 603 g/mol. The number of likely N-dealkylation sites (tertiary alicyclic amines) is 2. The van der Waals surface area contributed by atoms with Crippen molar-refractivity contribution in [3.63, 3.8) is 0 Å². The molecule has 7 rings (SSSR count). The molecule has 5 aliphatic rings. The number of halogens is 3. The van der Waals surface area contributed by atoms with Gasteiger partial charge in [0.05, 0.1) is 29.3 Å². The van der Waals surface area contributed by atoms with Gasteiger partial charge >= 0.3 is 11.9 Å². The first-order valence-electron chi connectivity index (χ1n) is 16.0. The van der Waals surface area contributed by atoms with Gasteiger partial charge < -0.3 is 4.90 Å². The normalized spacial score (nSPS) is 32.0. The molecule has 0 radical (unpaired) electrons. The molecule has 2 aliphatic carbocycles. The van der Waals surface area contributed by atoms with E-state index in [0.717, 1.165) is 38.8 Å². The van der Waals surface area contributed by atoms with Crippen molar-refractivity contribution >= 4 is 11.4 Å². The number of amides is 1. The molecule has 1 spiro atoms. The quantitative estimate of drug-likeness (QED) is 0.525. The Hall–Kier alpha value is -2.41. The largest absolute Gasteiger partial charge is 0.418 e. The Morgan fingerprint density at radius 3 is 2.42 bits per heavy atom. The van der Waals surface area contributed by atoms with Gasteiger partial charge in [-0.1, -0.05) is 25.7 Å². The molecule has 3 aliphatic heterocycles. The number of imidazole rings is 1. The highest BCUT2D eigenvalue weighted by Crippen LogP contribution is 2.47. The lowest BCUT2D eigenvalue weighted by molar-refractivity contribution is -0.136. The molecule has 0 aromatic carbocycles. The van der Waals surface area contributed by atoms with Crippen LogP contribution in [0.2, 0.25) is 0 Å². The van der Waals surface area contributed by atoms with E-state index in [0.29, 0.717) is 49.4 Å². The first-order valence-corrected chi connectivity index (χ1v) is 16.0. The van der Waals surface area contributed by atoms with Gasteiger partial charge in [-0.05, 0) is 75.1 Å². The molecule has 2 aromatic heterocycles. The van der Waals surface area contributed by atoms with Crippen LogP contribution in [0.15, 0.2) is 23.3 Å². The molecule has 5 fully saturated rings. The Morgan fingerprint density at radius 1 is 1.02 bits per heavy atom. The van der Waals surface area contributed by atoms with Crippen LogP contribution in [-0.4, -0.2) is 76.1 Å². The van der Waals surface area contributed by atoms with Gasteiger partial charge in [-0.3, -0.25) is 23.6 Å². The summed E-state index contributed by atoms with van der Waals surface area (Å²) >= 11 is 0. The molecule has 2 saturated carbocycles. The van der Waals surface area contributed by atoms with Gasteiger partial charge in [0.15, 0.2) is 0 Å². The number of fused-ring (bicyclic) bond motifs is 1. The highest BCUT2D eigenvalue weighted by Gasteiger charge is 2.49. The maximum Gasteiger partial charge on any atom is 0.418 e. The molecule has 236 valence electrons. The Balaban J connectivity index is 1.17. The summed E-state index contributed by atoms with van der Waals surface area (Å²) in [4.78, 5) is 32.8. The zero-order chi connectivity index (χ0) is 30.1. The summed E-state index contributed by atoms with van der Waals surface area (Å²) in [5.74, 6) is 1.61. The molecule has 9 nitrogen and oxygen atoms in total. The van der Waals surface area contributed by atoms with Gasteiger partial charge in [0, 0.05) is 45.1 Å². The number of carbonyl (C=O) groups is 1. The molecule has 3 saturated heterocycles. The minimum absolute atomic E-state index is 0.0780. The molecule has 0 bridgehead atoms. The Kier molecular flexibility index (Phi) is 7.42. The minimum atomic E-state index is -4.59. The number of nitrogens with zero attached hydrogens (tertiary/aromatic N) is 5. The van der Waals surface area contributed by atoms with E-state index in [-0.39, 0.29) is 30.2 Å². The summed E-state index contributed by atoms with van der Waals surface area (Å²) in [7, 11) is 3.93. The minimum Gasteiger partial charge on any atom is -0.345 e. The summed E-state index contributed by atoms with van der Waals surface area (Å²) < 4.78 is 46.1. The second-order valence-electron chi connectivity index (χ2n) is 14.1. The predicted octanol–water partition coefficient (Wildman–Crippen LogP) is 3.64. The fourth-order valence-electron chi connectivity index (χ4n) is 8.97. The zero-order valence-electron chi connectivity index (χ0n) is 25.2. The zero-order valence-corrected chi connectivity index (χ0v) is 25.2. The SMILES string of the molecule is CN1CC[C@@]2(CCN(Cc3cc(C(F)(F)F)c4cn(C5CCCC([C@@H](C6CCC6)C6NNCN6C)C5)c(=O)n4c3)C2)C1=O. The summed E-state index contributed by atoms with van der Waals surface area (Å²) in [6.45, 7) is 2.97. The number of carbonyl (C=O) groups excluding carboxylic acids is 1. The van der Waals surface area contributed by atoms with Gasteiger partial charge in [0.2, 0.25) is 5.91 Å². The number of rotatable bonds is 6. The van der Waals surface area contributed by atoms with Gasteiger partial charge in [0.1, 0.15) is 0 Å². The number of hydrogen-bond acceptors (Lipinski definition) is 6. The summed E-state index contributed by atoms with van der Waals surface area (Å²) in [6, 6.07) is 1.08. The van der Waals surface area contributed by atoms with Crippen molar-refractivity contribution in [1.29, 1.82) is 0 Å². The third kappa shape index (κ3) is 5.11. The Bertz CT molecular complexity index is 1430. The topological polar surface area (TPSA) is 77.3 Å². The van der Waals surface area contributed by atoms with Crippen LogP contribution >= 0.6 is 0 Å². The highest BCUT2D eigenvalue weighted by atomic mass is 19.4. The lowest BCUT2D eigenvalue weighted by Gasteiger charge is -2.46. The van der Waals surface area contributed by atoms with E-state index < -0.39 is 22.8 Å². The fraction of sp³-hybridized carbons (Fsp3) is 0.742. The lowest BCUT2D eigenvalue weighted by atomic mass is 9.65. The molecule has 2 N–H and O–H groups in total. The number of aromatic nitrogens is 2. The third-order valence-electron chi connectivity index (χ3n) is 11.5. The second kappa shape index (κ2) is 10.9. The Morgan fingerprint density at radius 2 is 1.77 bits per heavy atom. The molecule has 2 aromatic rings. The standard InChI is InChI=1S/C31H44F3N7O2/c1-37-11-9-30(28(37)42)10-12-39(18-30)15-20-13-24(31(32,33)34)25-17-40(29(43)41(25)16-20)23-8-4-7-22(14-23)26(21-5-3-6-21)27-36-35-19-38(27)2/h13,16-17,21-23,26-27,35-36H,3-12,14-15,18-19H2,1-2H3/t22?,23?,26-,27?,30+/m1/s1. The van der Waals surface area contributed by atoms with Crippen LogP contribution in [0.1, 0.15) is 75.0 Å². The summed E-state index contributed by atoms with van der Waals surface area (Å²) in [6.07, 6.45) is 7.51. The highest BCUT2D eigenvalue weighted by molar-refractivity contribution is 5.85. The average molecular weight is 604 g/mol. The first kappa shape index (κ1) is 29.3. The van der Waals surface area contributed by atoms with Crippen LogP contribution < -0.4 is 16.5 Å². The predicted molar refractivity (Wildman–Crippen MR) is 156 cm³/mol. The molecule has 5 atom stereocenters. The third-order valence-corrected chi connectivity index (χ3v) is 11.5. The van der Waals surface area contributed by atoms with Crippen LogP contribution in [0.4, 0.5) is 13.2 Å². The van der Waals surface area contributed by atoms with Crippen molar-refractivity contribution in [3.8, 4) is 0 Å². The van der Waals surface area contributed by atoms with Crippen molar-refractivity contribution in [3.05, 3.63) is 40.1 Å². The number of pyridine rings is 1. The van der Waals surface area contributed by atoms with Gasteiger partial charge in [0.25, 0.3) is 0 Å². The van der Waals surface area contributed by atoms with E-state index in [1.807, 2.05) is 7.05 Å². The lowest BCUT2D eigenvalue weighted by Crippen LogP contribution is -2.50. The number of hydrogen-bond donors (Lipinski definition) is 2. The van der Waals surface area contributed by atoms with Gasteiger partial charge in [-0.2, -0.15) is 13.2 Å². The van der Waals surface area contributed by atoms with Crippen molar-refractivity contribution < 1.29 is 18.0 Å². The maximum absolute atomic E-state index is 14.4. The van der Waals surface area contributed by atoms with E-state index in [9.17, 15) is 22.8 Å². The number of hydrazine groups is 1. The smallest absolute Gasteiger partial charge is 0.345 e. The maximum atomic E-state index is 14.4. The molecule has 1 amide bonds. The summed E-state index contributed by atoms with van der Waals surface area (Å²) in [5.41, 5.74) is 5.52. The van der Waals surface area contributed by atoms with Crippen molar-refractivity contribution in [2.24, 2.45) is 23.2 Å². The van der Waals surface area contributed by atoms with Crippen LogP contribution in [0.25, 0.3) is 5.52 Å². The van der Waals surface area contributed by atoms with E-state index in [1.54, 1.807) is 15.7 Å². The average Bonchev–Trinajstić information content (AvgIpc) is 3.70. The molecule has 43 heavy (non-hydrogen) atoms.